The zero-order valence-corrected chi connectivity index (χ0v) is 12.4. The summed E-state index contributed by atoms with van der Waals surface area (Å²) in [7, 11) is 5.77. The maximum Gasteiger partial charge on any atom is 0.185 e. The van der Waals surface area contributed by atoms with E-state index in [-0.39, 0.29) is 0 Å². The van der Waals surface area contributed by atoms with Gasteiger partial charge in [0.15, 0.2) is 5.13 Å². The molecule has 0 aromatic carbocycles. The second-order valence-corrected chi connectivity index (χ2v) is 5.38. The Morgan fingerprint density at radius 1 is 1.47 bits per heavy atom. The first-order chi connectivity index (χ1) is 8.01. The highest BCUT2D eigenvalue weighted by Crippen LogP contribution is 2.30. The maximum atomic E-state index is 5.17. The van der Waals surface area contributed by atoms with Crippen molar-refractivity contribution in [1.29, 1.82) is 0 Å². The fraction of sp³-hybridized carbons (Fsp3) is 0.750. The first-order valence-electron chi connectivity index (χ1n) is 5.87. The van der Waals surface area contributed by atoms with Gasteiger partial charge in [0.2, 0.25) is 0 Å². The normalized spacial score (nSPS) is 14.7. The van der Waals surface area contributed by atoms with Crippen LogP contribution in [0.25, 0.3) is 0 Å². The van der Waals surface area contributed by atoms with Crippen molar-refractivity contribution in [2.75, 3.05) is 32.7 Å². The lowest BCUT2D eigenvalue weighted by Gasteiger charge is -2.23. The number of nitrogens with zero attached hydrogens (tertiary/aromatic N) is 2. The van der Waals surface area contributed by atoms with Crippen LogP contribution in [0.15, 0.2) is 0 Å². The van der Waals surface area contributed by atoms with E-state index in [0.717, 1.165) is 10.8 Å². The summed E-state index contributed by atoms with van der Waals surface area (Å²) in [5.74, 6) is 0. The number of ether oxygens (including phenoxy) is 1. The van der Waals surface area contributed by atoms with E-state index in [1.807, 2.05) is 7.05 Å². The van der Waals surface area contributed by atoms with E-state index in [1.165, 1.54) is 4.88 Å². The molecule has 2 unspecified atom stereocenters. The molecule has 0 spiro atoms. The number of rotatable bonds is 6. The van der Waals surface area contributed by atoms with Crippen LogP contribution in [0.3, 0.4) is 0 Å². The Morgan fingerprint density at radius 3 is 2.65 bits per heavy atom. The van der Waals surface area contributed by atoms with E-state index in [0.29, 0.717) is 18.7 Å². The van der Waals surface area contributed by atoms with Gasteiger partial charge in [-0.1, -0.05) is 0 Å². The number of anilines is 1. The number of likely N-dealkylation sites (N-methyl/N-ethyl adjacent to an activating group) is 1. The average Bonchev–Trinajstić information content (AvgIpc) is 2.69. The molecule has 0 aliphatic carbocycles. The van der Waals surface area contributed by atoms with E-state index >= 15 is 0 Å². The van der Waals surface area contributed by atoms with Crippen molar-refractivity contribution >= 4 is 16.5 Å². The molecular formula is C12H23N3OS. The molecule has 2 atom stereocenters. The number of aromatic nitrogens is 1. The monoisotopic (exact) mass is 257 g/mol. The van der Waals surface area contributed by atoms with Gasteiger partial charge < -0.3 is 15.0 Å². The minimum atomic E-state index is 0.336. The van der Waals surface area contributed by atoms with Gasteiger partial charge in [-0.2, -0.15) is 0 Å². The molecule has 1 N–H and O–H groups in total. The molecule has 0 saturated heterocycles. The standard InChI is InChI=1S/C12H23N3OS/c1-8(7-16-6)15(5)12-14-10(3)11(17-12)9(2)13-4/h8-9,13H,7H2,1-6H3. The topological polar surface area (TPSA) is 37.4 Å². The minimum Gasteiger partial charge on any atom is -0.383 e. The molecule has 0 saturated carbocycles. The Kier molecular flexibility index (Phi) is 5.36. The predicted molar refractivity (Wildman–Crippen MR) is 74.1 cm³/mol. The summed E-state index contributed by atoms with van der Waals surface area (Å²) < 4.78 is 5.17. The first kappa shape index (κ1) is 14.4. The molecule has 0 bridgehead atoms. The highest BCUT2D eigenvalue weighted by Gasteiger charge is 2.18. The molecule has 0 aliphatic rings. The van der Waals surface area contributed by atoms with Crippen LogP contribution in [-0.2, 0) is 4.74 Å². The van der Waals surface area contributed by atoms with Gasteiger partial charge in [-0.25, -0.2) is 4.98 Å². The van der Waals surface area contributed by atoms with Gasteiger partial charge in [-0.05, 0) is 27.8 Å². The molecule has 1 rings (SSSR count). The van der Waals surface area contributed by atoms with Crippen LogP contribution in [0, 0.1) is 6.92 Å². The van der Waals surface area contributed by atoms with Crippen molar-refractivity contribution in [1.82, 2.24) is 10.3 Å². The SMILES string of the molecule is CNC(C)c1sc(N(C)C(C)COC)nc1C. The highest BCUT2D eigenvalue weighted by atomic mass is 32.1. The van der Waals surface area contributed by atoms with Crippen molar-refractivity contribution in [3.05, 3.63) is 10.6 Å². The lowest BCUT2D eigenvalue weighted by molar-refractivity contribution is 0.183. The molecule has 0 amide bonds. The van der Waals surface area contributed by atoms with Crippen LogP contribution in [0.1, 0.15) is 30.5 Å². The first-order valence-corrected chi connectivity index (χ1v) is 6.69. The Hall–Kier alpha value is -0.650. The molecule has 0 radical (unpaired) electrons. The quantitative estimate of drug-likeness (QED) is 0.848. The van der Waals surface area contributed by atoms with E-state index < -0.39 is 0 Å². The van der Waals surface area contributed by atoms with Crippen molar-refractivity contribution in [3.8, 4) is 0 Å². The number of hydrogen-bond donors (Lipinski definition) is 1. The van der Waals surface area contributed by atoms with Crippen molar-refractivity contribution < 1.29 is 4.74 Å². The molecule has 5 heteroatoms. The Morgan fingerprint density at radius 2 is 2.12 bits per heavy atom. The zero-order valence-electron chi connectivity index (χ0n) is 11.6. The molecular weight excluding hydrogens is 234 g/mol. The second kappa shape index (κ2) is 6.33. The van der Waals surface area contributed by atoms with Gasteiger partial charge in [0.1, 0.15) is 0 Å². The van der Waals surface area contributed by atoms with Gasteiger partial charge in [-0.15, -0.1) is 11.3 Å². The highest BCUT2D eigenvalue weighted by molar-refractivity contribution is 7.15. The third-order valence-corrected chi connectivity index (χ3v) is 4.45. The van der Waals surface area contributed by atoms with Gasteiger partial charge in [-0.3, -0.25) is 0 Å². The molecule has 1 aromatic heterocycles. The van der Waals surface area contributed by atoms with E-state index in [1.54, 1.807) is 18.4 Å². The number of hydrogen-bond acceptors (Lipinski definition) is 5. The summed E-state index contributed by atoms with van der Waals surface area (Å²) in [5, 5.41) is 4.32. The van der Waals surface area contributed by atoms with Crippen molar-refractivity contribution in [2.45, 2.75) is 32.9 Å². The van der Waals surface area contributed by atoms with Crippen molar-refractivity contribution in [2.24, 2.45) is 0 Å². The summed E-state index contributed by atoms with van der Waals surface area (Å²) in [4.78, 5) is 8.11. The van der Waals surface area contributed by atoms with Gasteiger partial charge in [0.05, 0.1) is 18.3 Å². The molecule has 0 fully saturated rings. The summed E-state index contributed by atoms with van der Waals surface area (Å²) in [6.07, 6.45) is 0. The van der Waals surface area contributed by atoms with Gasteiger partial charge >= 0.3 is 0 Å². The van der Waals surface area contributed by atoms with Crippen LogP contribution in [0.4, 0.5) is 5.13 Å². The number of methoxy groups -OCH3 is 1. The fourth-order valence-corrected chi connectivity index (χ4v) is 2.81. The average molecular weight is 257 g/mol. The Balaban J connectivity index is 2.85. The lowest BCUT2D eigenvalue weighted by Crippen LogP contribution is -2.32. The molecule has 17 heavy (non-hydrogen) atoms. The second-order valence-electron chi connectivity index (χ2n) is 4.37. The maximum absolute atomic E-state index is 5.17. The number of aryl methyl sites for hydroxylation is 1. The Bertz CT molecular complexity index is 354. The molecule has 0 aliphatic heterocycles. The van der Waals surface area contributed by atoms with Crippen LogP contribution < -0.4 is 10.2 Å². The molecule has 4 nitrogen and oxygen atoms in total. The molecule has 98 valence electrons. The summed E-state index contributed by atoms with van der Waals surface area (Å²) in [6, 6.07) is 0.690. The summed E-state index contributed by atoms with van der Waals surface area (Å²) >= 11 is 1.75. The fourth-order valence-electron chi connectivity index (χ4n) is 1.62. The third-order valence-electron chi connectivity index (χ3n) is 3.02. The lowest BCUT2D eigenvalue weighted by atomic mass is 10.2. The van der Waals surface area contributed by atoms with Crippen LogP contribution in [-0.4, -0.2) is 38.8 Å². The number of thiazole rings is 1. The van der Waals surface area contributed by atoms with E-state index in [4.69, 9.17) is 4.74 Å². The predicted octanol–water partition coefficient (Wildman–Crippen LogP) is 2.20. The minimum absolute atomic E-state index is 0.336. The Labute approximate surface area is 108 Å². The van der Waals surface area contributed by atoms with E-state index in [9.17, 15) is 0 Å². The van der Waals surface area contributed by atoms with Gasteiger partial charge in [0, 0.05) is 25.1 Å². The van der Waals surface area contributed by atoms with Crippen LogP contribution >= 0.6 is 11.3 Å². The van der Waals surface area contributed by atoms with Crippen LogP contribution in [0.2, 0.25) is 0 Å². The smallest absolute Gasteiger partial charge is 0.185 e. The molecule has 1 heterocycles. The van der Waals surface area contributed by atoms with Gasteiger partial charge in [0.25, 0.3) is 0 Å². The summed E-state index contributed by atoms with van der Waals surface area (Å²) in [5.41, 5.74) is 1.11. The summed E-state index contributed by atoms with van der Waals surface area (Å²) in [6.45, 7) is 7.08. The van der Waals surface area contributed by atoms with Crippen molar-refractivity contribution in [3.63, 3.8) is 0 Å². The third kappa shape index (κ3) is 3.40. The van der Waals surface area contributed by atoms with Crippen LogP contribution in [0.5, 0.6) is 0 Å². The largest absolute Gasteiger partial charge is 0.383 e. The number of nitrogens with one attached hydrogen (secondary N) is 1. The zero-order chi connectivity index (χ0) is 13.0. The van der Waals surface area contributed by atoms with E-state index in [2.05, 4.69) is 43.0 Å². The molecule has 1 aromatic rings.